The Hall–Kier alpha value is -0.580. The molecule has 1 fully saturated rings. The third kappa shape index (κ3) is 3.25. The van der Waals surface area contributed by atoms with Crippen LogP contribution in [0.4, 0.5) is 5.69 Å². The number of morpholine rings is 1. The highest BCUT2D eigenvalue weighted by atomic mass is 79.9. The number of ether oxygens (including phenoxy) is 1. The molecule has 0 spiro atoms. The fourth-order valence-corrected chi connectivity index (χ4v) is 2.76. The third-order valence-corrected chi connectivity index (χ3v) is 3.76. The summed E-state index contributed by atoms with van der Waals surface area (Å²) >= 11 is 3.56. The van der Waals surface area contributed by atoms with E-state index in [1.807, 2.05) is 0 Å². The molecule has 1 aromatic carbocycles. The first-order valence-corrected chi connectivity index (χ1v) is 7.25. The quantitative estimate of drug-likeness (QED) is 0.932. The van der Waals surface area contributed by atoms with Crippen LogP contribution in [0, 0.1) is 0 Å². The van der Waals surface area contributed by atoms with E-state index < -0.39 is 0 Å². The minimum absolute atomic E-state index is 0.182. The van der Waals surface area contributed by atoms with Gasteiger partial charge in [-0.3, -0.25) is 0 Å². The van der Waals surface area contributed by atoms with Crippen LogP contribution in [0.5, 0.6) is 0 Å². The van der Waals surface area contributed by atoms with Crippen LogP contribution in [0.15, 0.2) is 22.7 Å². The molecule has 2 N–H and O–H groups in total. The molecule has 1 aliphatic heterocycles. The average Bonchev–Trinajstić information content (AvgIpc) is 2.32. The van der Waals surface area contributed by atoms with Crippen LogP contribution in [-0.4, -0.2) is 31.8 Å². The Kier molecular flexibility index (Phi) is 4.65. The van der Waals surface area contributed by atoms with Gasteiger partial charge in [0.25, 0.3) is 0 Å². The van der Waals surface area contributed by atoms with E-state index >= 15 is 0 Å². The molecule has 0 amide bonds. The van der Waals surface area contributed by atoms with Gasteiger partial charge in [-0.1, -0.05) is 22.0 Å². The molecule has 0 aromatic heterocycles. The smallest absolute Gasteiger partial charge is 0.0668 e. The van der Waals surface area contributed by atoms with Gasteiger partial charge in [0, 0.05) is 28.8 Å². The van der Waals surface area contributed by atoms with E-state index in [0.29, 0.717) is 6.04 Å². The lowest BCUT2D eigenvalue weighted by Crippen LogP contribution is -2.44. The average molecular weight is 313 g/mol. The Balaban J connectivity index is 2.31. The maximum Gasteiger partial charge on any atom is 0.0668 e. The van der Waals surface area contributed by atoms with E-state index in [1.54, 1.807) is 0 Å². The summed E-state index contributed by atoms with van der Waals surface area (Å²) in [5.41, 5.74) is 8.55. The van der Waals surface area contributed by atoms with E-state index in [-0.39, 0.29) is 6.04 Å². The summed E-state index contributed by atoms with van der Waals surface area (Å²) in [6.07, 6.45) is 0.909. The summed E-state index contributed by atoms with van der Waals surface area (Å²) in [6, 6.07) is 7.05. The zero-order valence-corrected chi connectivity index (χ0v) is 12.6. The van der Waals surface area contributed by atoms with E-state index in [1.165, 1.54) is 11.3 Å². The van der Waals surface area contributed by atoms with Gasteiger partial charge in [0.2, 0.25) is 0 Å². The molecule has 2 unspecified atom stereocenters. The topological polar surface area (TPSA) is 38.5 Å². The van der Waals surface area contributed by atoms with Crippen LogP contribution in [0.1, 0.15) is 19.4 Å². The Morgan fingerprint density at radius 3 is 3.00 bits per heavy atom. The third-order valence-electron chi connectivity index (χ3n) is 3.27. The van der Waals surface area contributed by atoms with Gasteiger partial charge >= 0.3 is 0 Å². The number of halogens is 1. The lowest BCUT2D eigenvalue weighted by Gasteiger charge is -2.36. The summed E-state index contributed by atoms with van der Waals surface area (Å²) in [4.78, 5) is 2.42. The number of benzene rings is 1. The summed E-state index contributed by atoms with van der Waals surface area (Å²) in [6.45, 7) is 6.80. The zero-order valence-electron chi connectivity index (χ0n) is 11.0. The maximum absolute atomic E-state index is 5.94. The van der Waals surface area contributed by atoms with Crippen LogP contribution in [0.3, 0.4) is 0 Å². The van der Waals surface area contributed by atoms with Gasteiger partial charge in [0.15, 0.2) is 0 Å². The second-order valence-corrected chi connectivity index (χ2v) is 5.99. The van der Waals surface area contributed by atoms with Crippen molar-refractivity contribution in [1.29, 1.82) is 0 Å². The molecule has 1 heterocycles. The van der Waals surface area contributed by atoms with E-state index in [9.17, 15) is 0 Å². The van der Waals surface area contributed by atoms with Gasteiger partial charge in [-0.15, -0.1) is 0 Å². The first kappa shape index (κ1) is 13.8. The Bertz CT molecular complexity index is 409. The Labute approximate surface area is 117 Å². The first-order chi connectivity index (χ1) is 8.58. The molecule has 18 heavy (non-hydrogen) atoms. The number of hydrogen-bond donors (Lipinski definition) is 1. The number of anilines is 1. The van der Waals surface area contributed by atoms with Crippen molar-refractivity contribution < 1.29 is 4.74 Å². The maximum atomic E-state index is 5.94. The normalized spacial score (nSPS) is 22.0. The van der Waals surface area contributed by atoms with E-state index in [0.717, 1.165) is 30.7 Å². The lowest BCUT2D eigenvalue weighted by atomic mass is 10.0. The molecule has 1 aromatic rings. The van der Waals surface area contributed by atoms with Gasteiger partial charge in [0.1, 0.15) is 0 Å². The highest BCUT2D eigenvalue weighted by Gasteiger charge is 2.21. The molecule has 0 radical (unpaired) electrons. The van der Waals surface area contributed by atoms with Crippen LogP contribution < -0.4 is 10.6 Å². The van der Waals surface area contributed by atoms with Crippen LogP contribution in [0.25, 0.3) is 0 Å². The number of rotatable bonds is 3. The van der Waals surface area contributed by atoms with Crippen molar-refractivity contribution in [1.82, 2.24) is 0 Å². The van der Waals surface area contributed by atoms with Crippen molar-refractivity contribution in [2.24, 2.45) is 5.73 Å². The predicted octanol–water partition coefficient (Wildman–Crippen LogP) is 2.56. The molecular formula is C14H21BrN2O. The van der Waals surface area contributed by atoms with Gasteiger partial charge in [-0.25, -0.2) is 0 Å². The largest absolute Gasteiger partial charge is 0.377 e. The van der Waals surface area contributed by atoms with Gasteiger partial charge in [-0.05, 0) is 38.0 Å². The molecule has 0 saturated carbocycles. The molecule has 2 atom stereocenters. The minimum Gasteiger partial charge on any atom is -0.377 e. The fourth-order valence-electron chi connectivity index (χ4n) is 2.41. The molecular weight excluding hydrogens is 292 g/mol. The van der Waals surface area contributed by atoms with Crippen molar-refractivity contribution in [3.63, 3.8) is 0 Å². The molecule has 100 valence electrons. The highest BCUT2D eigenvalue weighted by Crippen LogP contribution is 2.28. The van der Waals surface area contributed by atoms with Crippen LogP contribution >= 0.6 is 15.9 Å². The van der Waals surface area contributed by atoms with Crippen LogP contribution in [0.2, 0.25) is 0 Å². The van der Waals surface area contributed by atoms with E-state index in [2.05, 4.69) is 52.9 Å². The van der Waals surface area contributed by atoms with Gasteiger partial charge in [-0.2, -0.15) is 0 Å². The Morgan fingerprint density at radius 2 is 2.33 bits per heavy atom. The van der Waals surface area contributed by atoms with Crippen molar-refractivity contribution in [2.45, 2.75) is 32.4 Å². The summed E-state index contributed by atoms with van der Waals surface area (Å²) in [5.74, 6) is 0. The van der Waals surface area contributed by atoms with Gasteiger partial charge in [0.05, 0.1) is 13.2 Å². The second kappa shape index (κ2) is 6.04. The summed E-state index contributed by atoms with van der Waals surface area (Å²) < 4.78 is 6.62. The van der Waals surface area contributed by atoms with Crippen molar-refractivity contribution in [2.75, 3.05) is 24.7 Å². The first-order valence-electron chi connectivity index (χ1n) is 6.46. The number of nitrogens with two attached hydrogens (primary N) is 1. The lowest BCUT2D eigenvalue weighted by molar-refractivity contribution is 0.0988. The minimum atomic E-state index is 0.182. The molecule has 0 aliphatic carbocycles. The van der Waals surface area contributed by atoms with Crippen molar-refractivity contribution >= 4 is 21.6 Å². The Morgan fingerprint density at radius 1 is 1.56 bits per heavy atom. The zero-order chi connectivity index (χ0) is 13.1. The predicted molar refractivity (Wildman–Crippen MR) is 79.1 cm³/mol. The highest BCUT2D eigenvalue weighted by molar-refractivity contribution is 9.10. The summed E-state index contributed by atoms with van der Waals surface area (Å²) in [5, 5.41) is 0. The molecule has 3 nitrogen and oxygen atoms in total. The van der Waals surface area contributed by atoms with Crippen molar-refractivity contribution in [3.8, 4) is 0 Å². The van der Waals surface area contributed by atoms with E-state index in [4.69, 9.17) is 10.5 Å². The van der Waals surface area contributed by atoms with Gasteiger partial charge < -0.3 is 15.4 Å². The molecule has 1 aliphatic rings. The fraction of sp³-hybridized carbons (Fsp3) is 0.571. The van der Waals surface area contributed by atoms with Crippen molar-refractivity contribution in [3.05, 3.63) is 28.2 Å². The molecule has 2 rings (SSSR count). The molecule has 1 saturated heterocycles. The second-order valence-electron chi connectivity index (χ2n) is 5.07. The standard InChI is InChI=1S/C14H21BrN2O/c1-10(16)7-12-3-4-13(15)8-14(12)17-5-6-18-9-11(17)2/h3-4,8,10-11H,5-7,9,16H2,1-2H3. The molecule has 4 heteroatoms. The number of hydrogen-bond acceptors (Lipinski definition) is 3. The monoisotopic (exact) mass is 312 g/mol. The SMILES string of the molecule is CC(N)Cc1ccc(Br)cc1N1CCOCC1C. The summed E-state index contributed by atoms with van der Waals surface area (Å²) in [7, 11) is 0. The van der Waals surface area contributed by atoms with Crippen LogP contribution in [-0.2, 0) is 11.2 Å². The number of nitrogens with zero attached hydrogens (tertiary/aromatic N) is 1. The molecule has 0 bridgehead atoms.